The summed E-state index contributed by atoms with van der Waals surface area (Å²) in [6.45, 7) is 16.0. The van der Waals surface area contributed by atoms with Crippen LogP contribution in [0.1, 0.15) is 54.0 Å². The summed E-state index contributed by atoms with van der Waals surface area (Å²) in [5.41, 5.74) is 2.98. The molecule has 0 aromatic heterocycles. The van der Waals surface area contributed by atoms with Gasteiger partial charge in [-0.05, 0) is 29.6 Å². The first-order valence-electron chi connectivity index (χ1n) is 7.77. The summed E-state index contributed by atoms with van der Waals surface area (Å²) < 4.78 is 6.76. The van der Waals surface area contributed by atoms with Gasteiger partial charge in [0.1, 0.15) is 5.76 Å². The highest BCUT2D eigenvalue weighted by Gasteiger charge is 2.47. The summed E-state index contributed by atoms with van der Waals surface area (Å²) in [4.78, 5) is 0. The number of hydrogen-bond acceptors (Lipinski definition) is 1. The minimum Gasteiger partial charge on any atom is -0.543 e. The highest BCUT2D eigenvalue weighted by molar-refractivity contribution is 6.78. The van der Waals surface area contributed by atoms with Gasteiger partial charge in [-0.3, -0.25) is 0 Å². The van der Waals surface area contributed by atoms with Crippen molar-refractivity contribution < 1.29 is 4.43 Å². The van der Waals surface area contributed by atoms with Crippen molar-refractivity contribution in [3.63, 3.8) is 0 Å². The van der Waals surface area contributed by atoms with Gasteiger partial charge in [-0.15, -0.1) is 0 Å². The Kier molecular flexibility index (Phi) is 6.06. The van der Waals surface area contributed by atoms with Gasteiger partial charge in [-0.25, -0.2) is 0 Å². The van der Waals surface area contributed by atoms with Gasteiger partial charge in [0.15, 0.2) is 0 Å². The molecule has 0 atom stereocenters. The van der Waals surface area contributed by atoms with Crippen LogP contribution in [0.3, 0.4) is 0 Å². The Morgan fingerprint density at radius 1 is 0.900 bits per heavy atom. The van der Waals surface area contributed by atoms with Gasteiger partial charge in [-0.2, -0.15) is 0 Å². The van der Waals surface area contributed by atoms with E-state index in [0.717, 1.165) is 5.76 Å². The fourth-order valence-electron chi connectivity index (χ4n) is 3.43. The molecule has 20 heavy (non-hydrogen) atoms. The van der Waals surface area contributed by atoms with E-state index < -0.39 is 8.32 Å². The van der Waals surface area contributed by atoms with E-state index in [1.807, 2.05) is 0 Å². The maximum atomic E-state index is 6.76. The zero-order chi connectivity index (χ0) is 15.3. The molecule has 0 spiro atoms. The van der Waals surface area contributed by atoms with Crippen LogP contribution in [0, 0.1) is 0 Å². The average molecular weight is 291 g/mol. The minimum absolute atomic E-state index is 0.598. The third-order valence-corrected chi connectivity index (χ3v) is 10.3. The zero-order valence-electron chi connectivity index (χ0n) is 14.1. The van der Waals surface area contributed by atoms with Crippen molar-refractivity contribution in [2.45, 2.75) is 65.1 Å². The highest BCUT2D eigenvalue weighted by atomic mass is 28.4. The SMILES string of the molecule is CC=C(O[Si](C(C)C)(C(C)C)C(C)C)c1ccccc1. The lowest BCUT2D eigenvalue weighted by molar-refractivity contribution is 0.444. The van der Waals surface area contributed by atoms with Crippen molar-refractivity contribution in [3.05, 3.63) is 42.0 Å². The molecule has 0 heterocycles. The van der Waals surface area contributed by atoms with Crippen LogP contribution in [0.25, 0.3) is 5.76 Å². The van der Waals surface area contributed by atoms with Crippen LogP contribution in [0.2, 0.25) is 16.6 Å². The maximum absolute atomic E-state index is 6.76. The van der Waals surface area contributed by atoms with Crippen LogP contribution < -0.4 is 0 Å². The first kappa shape index (κ1) is 17.0. The third kappa shape index (κ3) is 3.35. The molecule has 0 aliphatic heterocycles. The fourth-order valence-corrected chi connectivity index (χ4v) is 8.75. The van der Waals surface area contributed by atoms with Crippen molar-refractivity contribution >= 4 is 14.1 Å². The summed E-state index contributed by atoms with van der Waals surface area (Å²) in [5, 5.41) is 0. The maximum Gasteiger partial charge on any atom is 0.258 e. The second-order valence-corrected chi connectivity index (χ2v) is 11.8. The van der Waals surface area contributed by atoms with Crippen LogP contribution in [-0.4, -0.2) is 8.32 Å². The second-order valence-electron chi connectivity index (χ2n) is 6.44. The lowest BCUT2D eigenvalue weighted by Gasteiger charge is -2.43. The molecule has 0 saturated carbocycles. The van der Waals surface area contributed by atoms with Crippen LogP contribution >= 0.6 is 0 Å². The second kappa shape index (κ2) is 7.12. The Morgan fingerprint density at radius 3 is 1.70 bits per heavy atom. The van der Waals surface area contributed by atoms with Crippen molar-refractivity contribution in [2.24, 2.45) is 0 Å². The summed E-state index contributed by atoms with van der Waals surface area (Å²) in [7, 11) is -1.86. The van der Waals surface area contributed by atoms with Crippen molar-refractivity contribution in [3.8, 4) is 0 Å². The molecule has 1 aromatic rings. The molecule has 0 saturated heterocycles. The highest BCUT2D eigenvalue weighted by Crippen LogP contribution is 2.44. The summed E-state index contributed by atoms with van der Waals surface area (Å²) >= 11 is 0. The molecule has 2 heteroatoms. The quantitative estimate of drug-likeness (QED) is 0.445. The fraction of sp³-hybridized carbons (Fsp3) is 0.556. The average Bonchev–Trinajstić information content (AvgIpc) is 2.39. The van der Waals surface area contributed by atoms with E-state index in [0.29, 0.717) is 16.6 Å². The van der Waals surface area contributed by atoms with E-state index in [2.05, 4.69) is 84.9 Å². The van der Waals surface area contributed by atoms with Crippen LogP contribution in [0.4, 0.5) is 0 Å². The van der Waals surface area contributed by atoms with Gasteiger partial charge >= 0.3 is 0 Å². The standard InChI is InChI=1S/C18H30OSi/c1-8-18(17-12-10-9-11-13-17)19-20(14(2)3,15(4)5)16(6)7/h8-16H,1-7H3. The molecular weight excluding hydrogens is 260 g/mol. The van der Waals surface area contributed by atoms with Gasteiger partial charge in [0.2, 0.25) is 0 Å². The van der Waals surface area contributed by atoms with E-state index in [4.69, 9.17) is 4.43 Å². The molecule has 0 radical (unpaired) electrons. The van der Waals surface area contributed by atoms with Gasteiger partial charge in [0.25, 0.3) is 8.32 Å². The van der Waals surface area contributed by atoms with E-state index >= 15 is 0 Å². The van der Waals surface area contributed by atoms with E-state index in [1.54, 1.807) is 0 Å². The lowest BCUT2D eigenvalue weighted by Crippen LogP contribution is -2.47. The van der Waals surface area contributed by atoms with E-state index in [-0.39, 0.29) is 0 Å². The summed E-state index contributed by atoms with van der Waals surface area (Å²) in [6, 6.07) is 10.5. The van der Waals surface area contributed by atoms with Gasteiger partial charge in [0.05, 0.1) is 0 Å². The first-order valence-corrected chi connectivity index (χ1v) is 9.91. The Bertz CT molecular complexity index is 410. The summed E-state index contributed by atoms with van der Waals surface area (Å²) in [5.74, 6) is 1.05. The van der Waals surface area contributed by atoms with E-state index in [9.17, 15) is 0 Å². The molecule has 0 bridgehead atoms. The molecule has 0 unspecified atom stereocenters. The predicted octanol–water partition coefficient (Wildman–Crippen LogP) is 6.24. The molecule has 1 nitrogen and oxygen atoms in total. The van der Waals surface area contributed by atoms with Crippen molar-refractivity contribution in [2.75, 3.05) is 0 Å². The zero-order valence-corrected chi connectivity index (χ0v) is 15.1. The topological polar surface area (TPSA) is 9.23 Å². The Balaban J connectivity index is 3.18. The Morgan fingerprint density at radius 2 is 1.35 bits per heavy atom. The first-order chi connectivity index (χ1) is 9.36. The number of allylic oxidation sites excluding steroid dienone is 1. The van der Waals surface area contributed by atoms with E-state index in [1.165, 1.54) is 5.56 Å². The molecule has 0 aliphatic carbocycles. The largest absolute Gasteiger partial charge is 0.543 e. The van der Waals surface area contributed by atoms with Gasteiger partial charge in [0, 0.05) is 5.56 Å². The monoisotopic (exact) mass is 290 g/mol. The predicted molar refractivity (Wildman–Crippen MR) is 92.2 cm³/mol. The summed E-state index contributed by atoms with van der Waals surface area (Å²) in [6.07, 6.45) is 2.12. The molecular formula is C18H30OSi. The van der Waals surface area contributed by atoms with Crippen LogP contribution in [0.15, 0.2) is 36.4 Å². The number of hydrogen-bond donors (Lipinski definition) is 0. The van der Waals surface area contributed by atoms with Crippen LogP contribution in [0.5, 0.6) is 0 Å². The smallest absolute Gasteiger partial charge is 0.258 e. The molecule has 0 N–H and O–H groups in total. The Hall–Kier alpha value is -1.02. The third-order valence-electron chi connectivity index (χ3n) is 4.31. The molecule has 1 aromatic carbocycles. The van der Waals surface area contributed by atoms with Gasteiger partial charge in [-0.1, -0.05) is 71.9 Å². The lowest BCUT2D eigenvalue weighted by atomic mass is 10.2. The molecule has 112 valence electrons. The Labute approximate surface area is 126 Å². The molecule has 0 fully saturated rings. The number of rotatable bonds is 6. The minimum atomic E-state index is -1.86. The number of benzene rings is 1. The van der Waals surface area contributed by atoms with Crippen molar-refractivity contribution in [1.82, 2.24) is 0 Å². The molecule has 0 amide bonds. The molecule has 0 aliphatic rings. The molecule has 1 rings (SSSR count). The van der Waals surface area contributed by atoms with Gasteiger partial charge < -0.3 is 4.43 Å². The normalized spacial score (nSPS) is 13.4. The van der Waals surface area contributed by atoms with Crippen molar-refractivity contribution in [1.29, 1.82) is 0 Å². The van der Waals surface area contributed by atoms with Crippen LogP contribution in [-0.2, 0) is 4.43 Å².